The highest BCUT2D eigenvalue weighted by Crippen LogP contribution is 2.35. The van der Waals surface area contributed by atoms with Crippen molar-refractivity contribution in [2.24, 2.45) is 5.92 Å². The van der Waals surface area contributed by atoms with Gasteiger partial charge >= 0.3 is 0 Å². The summed E-state index contributed by atoms with van der Waals surface area (Å²) >= 11 is 3.65. The Morgan fingerprint density at radius 1 is 0.900 bits per heavy atom. The molecule has 3 aromatic carbocycles. The Kier molecular flexibility index (Phi) is 3.03. The topological polar surface area (TPSA) is 0 Å². The molecule has 0 bridgehead atoms. The van der Waals surface area contributed by atoms with Crippen LogP contribution in [-0.2, 0) is 12.8 Å². The van der Waals surface area contributed by atoms with Gasteiger partial charge in [0, 0.05) is 5.33 Å². The standard InChI is InChI=1S/C19H17Br/c20-12-13-5-8-17-15(11-13)7-10-18-16-4-2-1-3-14(16)6-9-19(17)18/h1-4,6-7,9-10,13H,5,8,11-12H2. The monoisotopic (exact) mass is 324 g/mol. The Morgan fingerprint density at radius 3 is 2.65 bits per heavy atom. The fourth-order valence-electron chi connectivity index (χ4n) is 3.58. The lowest BCUT2D eigenvalue weighted by molar-refractivity contribution is 0.514. The zero-order valence-corrected chi connectivity index (χ0v) is 13.0. The molecule has 0 saturated heterocycles. The second-order valence-electron chi connectivity index (χ2n) is 5.85. The van der Waals surface area contributed by atoms with E-state index in [-0.39, 0.29) is 0 Å². The summed E-state index contributed by atoms with van der Waals surface area (Å²) in [5, 5.41) is 6.74. The highest BCUT2D eigenvalue weighted by molar-refractivity contribution is 9.09. The summed E-state index contributed by atoms with van der Waals surface area (Å²) in [6, 6.07) is 18.0. The van der Waals surface area contributed by atoms with Gasteiger partial charge in [0.2, 0.25) is 0 Å². The Bertz CT molecular complexity index is 788. The molecule has 0 saturated carbocycles. The molecule has 0 aliphatic heterocycles. The van der Waals surface area contributed by atoms with Crippen molar-refractivity contribution in [3.8, 4) is 0 Å². The third-order valence-electron chi connectivity index (χ3n) is 4.66. The number of hydrogen-bond acceptors (Lipinski definition) is 0. The summed E-state index contributed by atoms with van der Waals surface area (Å²) in [4.78, 5) is 0. The van der Waals surface area contributed by atoms with E-state index in [9.17, 15) is 0 Å². The Balaban J connectivity index is 1.99. The predicted octanol–water partition coefficient (Wildman–Crippen LogP) is 5.49. The highest BCUT2D eigenvalue weighted by atomic mass is 79.9. The average molecular weight is 325 g/mol. The predicted molar refractivity (Wildman–Crippen MR) is 90.8 cm³/mol. The summed E-state index contributed by atoms with van der Waals surface area (Å²) in [5.74, 6) is 0.806. The van der Waals surface area contributed by atoms with Crippen molar-refractivity contribution in [2.45, 2.75) is 19.3 Å². The van der Waals surface area contributed by atoms with Crippen molar-refractivity contribution in [2.75, 3.05) is 5.33 Å². The molecule has 0 fully saturated rings. The first-order chi connectivity index (χ1) is 9.86. The molecule has 0 amide bonds. The first-order valence-electron chi connectivity index (χ1n) is 7.35. The SMILES string of the molecule is BrCC1CCc2c(ccc3c2ccc2ccccc23)C1. The normalized spacial score (nSPS) is 18.4. The average Bonchev–Trinajstić information content (AvgIpc) is 2.53. The van der Waals surface area contributed by atoms with Gasteiger partial charge in [-0.2, -0.15) is 0 Å². The Morgan fingerprint density at radius 2 is 1.75 bits per heavy atom. The van der Waals surface area contributed by atoms with Gasteiger partial charge in [0.05, 0.1) is 0 Å². The molecule has 1 unspecified atom stereocenters. The molecule has 0 heterocycles. The van der Waals surface area contributed by atoms with Crippen molar-refractivity contribution in [1.82, 2.24) is 0 Å². The molecule has 0 nitrogen and oxygen atoms in total. The number of aryl methyl sites for hydroxylation is 1. The van der Waals surface area contributed by atoms with E-state index in [0.29, 0.717) is 0 Å². The minimum absolute atomic E-state index is 0.806. The number of hydrogen-bond donors (Lipinski definition) is 0. The molecule has 0 spiro atoms. The molecule has 1 atom stereocenters. The van der Waals surface area contributed by atoms with Crippen LogP contribution in [0.15, 0.2) is 48.5 Å². The van der Waals surface area contributed by atoms with Gasteiger partial charge in [0.15, 0.2) is 0 Å². The fourth-order valence-corrected chi connectivity index (χ4v) is 4.13. The first kappa shape index (κ1) is 12.4. The Labute approximate surface area is 127 Å². The number of alkyl halides is 1. The van der Waals surface area contributed by atoms with Crippen LogP contribution in [0.4, 0.5) is 0 Å². The van der Waals surface area contributed by atoms with Gasteiger partial charge in [0.1, 0.15) is 0 Å². The van der Waals surface area contributed by atoms with Crippen LogP contribution >= 0.6 is 15.9 Å². The van der Waals surface area contributed by atoms with Gasteiger partial charge < -0.3 is 0 Å². The summed E-state index contributed by atoms with van der Waals surface area (Å²) in [5.41, 5.74) is 3.15. The maximum Gasteiger partial charge on any atom is 0.00629 e. The van der Waals surface area contributed by atoms with Crippen LogP contribution in [0.1, 0.15) is 17.5 Å². The van der Waals surface area contributed by atoms with E-state index in [1.54, 1.807) is 11.1 Å². The van der Waals surface area contributed by atoms with Gasteiger partial charge in [-0.15, -0.1) is 0 Å². The molecule has 0 N–H and O–H groups in total. The summed E-state index contributed by atoms with van der Waals surface area (Å²) < 4.78 is 0. The van der Waals surface area contributed by atoms with Gasteiger partial charge in [-0.3, -0.25) is 0 Å². The number of benzene rings is 3. The third-order valence-corrected chi connectivity index (χ3v) is 5.58. The lowest BCUT2D eigenvalue weighted by Crippen LogP contribution is -2.15. The Hall–Kier alpha value is -1.34. The molecule has 1 aliphatic carbocycles. The van der Waals surface area contributed by atoms with E-state index in [1.807, 2.05) is 0 Å². The van der Waals surface area contributed by atoms with Crippen LogP contribution in [0.5, 0.6) is 0 Å². The molecule has 1 heteroatoms. The third kappa shape index (κ3) is 1.88. The van der Waals surface area contributed by atoms with E-state index in [1.165, 1.54) is 40.8 Å². The fraction of sp³-hybridized carbons (Fsp3) is 0.263. The number of halogens is 1. The summed E-state index contributed by atoms with van der Waals surface area (Å²) in [7, 11) is 0. The van der Waals surface area contributed by atoms with E-state index in [4.69, 9.17) is 0 Å². The van der Waals surface area contributed by atoms with Gasteiger partial charge in [-0.25, -0.2) is 0 Å². The zero-order chi connectivity index (χ0) is 13.5. The van der Waals surface area contributed by atoms with Crippen molar-refractivity contribution in [1.29, 1.82) is 0 Å². The van der Waals surface area contributed by atoms with E-state index >= 15 is 0 Å². The maximum absolute atomic E-state index is 3.65. The van der Waals surface area contributed by atoms with Gasteiger partial charge in [0.25, 0.3) is 0 Å². The molecule has 4 rings (SSSR count). The molecule has 3 aromatic rings. The van der Waals surface area contributed by atoms with E-state index < -0.39 is 0 Å². The molecule has 1 aliphatic rings. The van der Waals surface area contributed by atoms with Crippen LogP contribution in [0.3, 0.4) is 0 Å². The quantitative estimate of drug-likeness (QED) is 0.410. The molecular formula is C19H17Br. The van der Waals surface area contributed by atoms with Gasteiger partial charge in [-0.05, 0) is 57.9 Å². The lowest BCUT2D eigenvalue weighted by Gasteiger charge is -2.24. The maximum atomic E-state index is 3.65. The number of fused-ring (bicyclic) bond motifs is 5. The van der Waals surface area contributed by atoms with Crippen LogP contribution in [0.25, 0.3) is 21.5 Å². The second-order valence-corrected chi connectivity index (χ2v) is 6.50. The molecular weight excluding hydrogens is 308 g/mol. The molecule has 0 aromatic heterocycles. The molecule has 20 heavy (non-hydrogen) atoms. The molecule has 100 valence electrons. The minimum Gasteiger partial charge on any atom is -0.0925 e. The zero-order valence-electron chi connectivity index (χ0n) is 11.4. The van der Waals surface area contributed by atoms with Crippen molar-refractivity contribution < 1.29 is 0 Å². The minimum atomic E-state index is 0.806. The van der Waals surface area contributed by atoms with Crippen LogP contribution in [-0.4, -0.2) is 5.33 Å². The van der Waals surface area contributed by atoms with Gasteiger partial charge in [-0.1, -0.05) is 64.5 Å². The highest BCUT2D eigenvalue weighted by Gasteiger charge is 2.19. The molecule has 0 radical (unpaired) electrons. The van der Waals surface area contributed by atoms with Crippen molar-refractivity contribution >= 4 is 37.5 Å². The summed E-state index contributed by atoms with van der Waals surface area (Å²) in [6.07, 6.45) is 3.76. The summed E-state index contributed by atoms with van der Waals surface area (Å²) in [6.45, 7) is 0. The second kappa shape index (κ2) is 4.89. The van der Waals surface area contributed by atoms with Crippen LogP contribution < -0.4 is 0 Å². The van der Waals surface area contributed by atoms with E-state index in [2.05, 4.69) is 64.5 Å². The largest absolute Gasteiger partial charge is 0.0925 e. The lowest BCUT2D eigenvalue weighted by atomic mass is 9.82. The van der Waals surface area contributed by atoms with Crippen LogP contribution in [0, 0.1) is 5.92 Å². The van der Waals surface area contributed by atoms with Crippen LogP contribution in [0.2, 0.25) is 0 Å². The first-order valence-corrected chi connectivity index (χ1v) is 8.47. The smallest absolute Gasteiger partial charge is 0.00629 e. The number of rotatable bonds is 1. The van der Waals surface area contributed by atoms with Crippen molar-refractivity contribution in [3.63, 3.8) is 0 Å². The van der Waals surface area contributed by atoms with Crippen molar-refractivity contribution in [3.05, 3.63) is 59.7 Å². The van der Waals surface area contributed by atoms with E-state index in [0.717, 1.165) is 11.2 Å².